The van der Waals surface area contributed by atoms with Gasteiger partial charge >= 0.3 is 5.97 Å². The Morgan fingerprint density at radius 1 is 0.925 bits per heavy atom. The van der Waals surface area contributed by atoms with E-state index in [1.165, 1.54) is 25.0 Å². The molecule has 210 valence electrons. The van der Waals surface area contributed by atoms with E-state index < -0.39 is 5.97 Å². The fraction of sp³-hybridized carbons (Fsp3) is 0.290. The van der Waals surface area contributed by atoms with E-state index in [0.29, 0.717) is 43.0 Å². The number of hydrogen-bond acceptors (Lipinski definition) is 4. The van der Waals surface area contributed by atoms with Gasteiger partial charge in [-0.3, -0.25) is 4.99 Å². The maximum absolute atomic E-state index is 11.6. The first-order valence-corrected chi connectivity index (χ1v) is 14.5. The van der Waals surface area contributed by atoms with Crippen molar-refractivity contribution in [3.05, 3.63) is 97.5 Å². The Morgan fingerprint density at radius 3 is 2.40 bits per heavy atom. The van der Waals surface area contributed by atoms with Gasteiger partial charge in [0.15, 0.2) is 11.5 Å². The molecule has 1 N–H and O–H groups in total. The highest BCUT2D eigenvalue weighted by Crippen LogP contribution is 2.34. The first kappa shape index (κ1) is 30.3. The third-order valence-electron chi connectivity index (χ3n) is 6.58. The van der Waals surface area contributed by atoms with E-state index in [1.54, 1.807) is 30.3 Å². The van der Waals surface area contributed by atoms with Crippen molar-refractivity contribution in [2.45, 2.75) is 45.6 Å². The number of benzene rings is 3. The van der Waals surface area contributed by atoms with Gasteiger partial charge in [-0.15, -0.1) is 0 Å². The molecule has 0 spiro atoms. The number of carboxylic acids is 1. The molecule has 1 aliphatic carbocycles. The Morgan fingerprint density at radius 2 is 1.70 bits per heavy atom. The molecule has 9 heteroatoms. The molecule has 40 heavy (non-hydrogen) atoms. The number of hydrogen-bond donors (Lipinski definition) is 1. The molecule has 0 fully saturated rings. The molecule has 1 aliphatic rings. The molecular formula is C31H29Cl4NO4. The number of aryl methyl sites for hydroxylation is 1. The van der Waals surface area contributed by atoms with Crippen LogP contribution in [-0.4, -0.2) is 23.4 Å². The van der Waals surface area contributed by atoms with Crippen molar-refractivity contribution in [1.82, 2.24) is 0 Å². The minimum atomic E-state index is -1.07. The normalized spacial score (nSPS) is 14.6. The molecule has 0 amide bonds. The number of carbonyl (C=O) groups is 1. The highest BCUT2D eigenvalue weighted by atomic mass is 35.5. The fourth-order valence-corrected chi connectivity index (χ4v) is 5.04. The van der Waals surface area contributed by atoms with Crippen LogP contribution in [0.5, 0.6) is 11.5 Å². The highest BCUT2D eigenvalue weighted by molar-refractivity contribution is 6.42. The molecule has 0 heterocycles. The molecule has 3 aromatic rings. The number of allylic oxidation sites excluding steroid dienone is 2. The smallest absolute Gasteiger partial charge is 0.335 e. The van der Waals surface area contributed by atoms with Crippen molar-refractivity contribution < 1.29 is 19.4 Å². The minimum Gasteiger partial charge on any atom is -0.485 e. The minimum absolute atomic E-state index is 0.0729. The second-order valence-corrected chi connectivity index (χ2v) is 11.3. The molecule has 0 radical (unpaired) electrons. The van der Waals surface area contributed by atoms with Crippen LogP contribution >= 0.6 is 46.4 Å². The fourth-order valence-electron chi connectivity index (χ4n) is 4.23. The summed E-state index contributed by atoms with van der Waals surface area (Å²) in [6.07, 6.45) is 9.89. The Bertz CT molecular complexity index is 1440. The van der Waals surface area contributed by atoms with Gasteiger partial charge in [0, 0.05) is 15.6 Å². The van der Waals surface area contributed by atoms with Crippen LogP contribution in [0.15, 0.2) is 65.7 Å². The van der Waals surface area contributed by atoms with E-state index >= 15 is 0 Å². The highest BCUT2D eigenvalue weighted by Gasteiger charge is 2.14. The van der Waals surface area contributed by atoms with Gasteiger partial charge in [-0.2, -0.15) is 0 Å². The zero-order valence-electron chi connectivity index (χ0n) is 21.9. The topological polar surface area (TPSA) is 68.1 Å². The lowest BCUT2D eigenvalue weighted by molar-refractivity contribution is 0.0696. The van der Waals surface area contributed by atoms with Crippen LogP contribution in [0, 0.1) is 5.92 Å². The lowest BCUT2D eigenvalue weighted by Crippen LogP contribution is -2.09. The predicted molar refractivity (Wildman–Crippen MR) is 164 cm³/mol. The van der Waals surface area contributed by atoms with E-state index in [0.717, 1.165) is 30.5 Å². The number of aromatic carboxylic acids is 1. The van der Waals surface area contributed by atoms with Gasteiger partial charge in [-0.1, -0.05) is 71.0 Å². The summed E-state index contributed by atoms with van der Waals surface area (Å²) >= 11 is 24.9. The Labute approximate surface area is 254 Å². The van der Waals surface area contributed by atoms with Gasteiger partial charge in [-0.05, 0) is 86.6 Å². The van der Waals surface area contributed by atoms with Crippen LogP contribution in [0.1, 0.15) is 54.1 Å². The van der Waals surface area contributed by atoms with Crippen molar-refractivity contribution in [2.75, 3.05) is 6.61 Å². The monoisotopic (exact) mass is 619 g/mol. The third kappa shape index (κ3) is 8.40. The molecule has 5 nitrogen and oxygen atoms in total. The molecule has 3 aromatic carbocycles. The Kier molecular flexibility index (Phi) is 10.8. The van der Waals surface area contributed by atoms with Gasteiger partial charge in [0.2, 0.25) is 0 Å². The van der Waals surface area contributed by atoms with Gasteiger partial charge in [0.05, 0.1) is 27.0 Å². The molecular weight excluding hydrogens is 592 g/mol. The molecule has 4 rings (SSSR count). The van der Waals surface area contributed by atoms with Crippen molar-refractivity contribution in [2.24, 2.45) is 10.9 Å². The lowest BCUT2D eigenvalue weighted by atomic mass is 9.89. The maximum Gasteiger partial charge on any atom is 0.335 e. The summed E-state index contributed by atoms with van der Waals surface area (Å²) in [4.78, 5) is 16.3. The SMILES string of the molecule is CC(COc1ccc(C(=O)O)cc1OCc1ccc(Cl)cc1Cl)=Nc1cc(Cl)c(Cl)cc1CCCCC1C=CC1. The summed E-state index contributed by atoms with van der Waals surface area (Å²) in [5.74, 6) is 0.293. The predicted octanol–water partition coefficient (Wildman–Crippen LogP) is 10.0. The van der Waals surface area contributed by atoms with E-state index in [-0.39, 0.29) is 24.5 Å². The number of unbranched alkanes of at least 4 members (excludes halogenated alkanes) is 1. The van der Waals surface area contributed by atoms with Crippen molar-refractivity contribution >= 4 is 63.8 Å². The largest absolute Gasteiger partial charge is 0.485 e. The zero-order chi connectivity index (χ0) is 28.6. The van der Waals surface area contributed by atoms with Crippen LogP contribution in [-0.2, 0) is 13.0 Å². The van der Waals surface area contributed by atoms with Gasteiger partial charge in [0.1, 0.15) is 13.2 Å². The summed E-state index contributed by atoms with van der Waals surface area (Å²) in [6, 6.07) is 13.2. The summed E-state index contributed by atoms with van der Waals surface area (Å²) < 4.78 is 11.9. The first-order valence-electron chi connectivity index (χ1n) is 12.9. The van der Waals surface area contributed by atoms with Crippen LogP contribution in [0.4, 0.5) is 5.69 Å². The van der Waals surface area contributed by atoms with E-state index in [9.17, 15) is 9.90 Å². The second kappa shape index (κ2) is 14.3. The average Bonchev–Trinajstić information content (AvgIpc) is 2.88. The summed E-state index contributed by atoms with van der Waals surface area (Å²) in [6.45, 7) is 2.11. The average molecular weight is 621 g/mol. The number of nitrogens with zero attached hydrogens (tertiary/aromatic N) is 1. The number of ether oxygens (including phenoxy) is 2. The Hall–Kier alpha value is -2.70. The molecule has 0 aliphatic heterocycles. The van der Waals surface area contributed by atoms with Gasteiger partial charge in [-0.25, -0.2) is 4.79 Å². The number of halogens is 4. The van der Waals surface area contributed by atoms with Crippen LogP contribution in [0.25, 0.3) is 0 Å². The number of aliphatic imine (C=N–C) groups is 1. The quantitative estimate of drug-likeness (QED) is 0.117. The molecule has 0 bridgehead atoms. The summed E-state index contributed by atoms with van der Waals surface area (Å²) in [5.41, 5.74) is 3.27. The molecule has 1 atom stereocenters. The van der Waals surface area contributed by atoms with E-state index in [4.69, 9.17) is 60.9 Å². The molecule has 0 saturated heterocycles. The van der Waals surface area contributed by atoms with Crippen molar-refractivity contribution in [3.63, 3.8) is 0 Å². The second-order valence-electron chi connectivity index (χ2n) is 9.69. The van der Waals surface area contributed by atoms with Crippen LogP contribution in [0.2, 0.25) is 20.1 Å². The molecule has 1 unspecified atom stereocenters. The van der Waals surface area contributed by atoms with Crippen LogP contribution < -0.4 is 9.47 Å². The third-order valence-corrected chi connectivity index (χ3v) is 7.89. The van der Waals surface area contributed by atoms with Crippen molar-refractivity contribution in [3.8, 4) is 11.5 Å². The first-order chi connectivity index (χ1) is 19.2. The zero-order valence-corrected chi connectivity index (χ0v) is 25.0. The van der Waals surface area contributed by atoms with Gasteiger partial charge < -0.3 is 14.6 Å². The number of rotatable bonds is 13. The van der Waals surface area contributed by atoms with Crippen LogP contribution in [0.3, 0.4) is 0 Å². The molecule has 0 aromatic heterocycles. The standard InChI is InChI=1S/C31H29Cl4NO4/c1-19(36-28-16-27(35)26(34)13-21(28)8-3-2-5-20-6-4-7-20)17-39-29-12-10-22(31(37)38)14-30(29)40-18-23-9-11-24(32)15-25(23)33/h4,6,9-16,20H,2-3,5,7-8,17-18H2,1H3,(H,37,38). The van der Waals surface area contributed by atoms with Gasteiger partial charge in [0.25, 0.3) is 0 Å². The maximum atomic E-state index is 11.6. The number of carboxylic acid groups (broad SMARTS) is 1. The Balaban J connectivity index is 1.46. The van der Waals surface area contributed by atoms with Crippen molar-refractivity contribution in [1.29, 1.82) is 0 Å². The lowest BCUT2D eigenvalue weighted by Gasteiger charge is -2.17. The molecule has 0 saturated carbocycles. The summed E-state index contributed by atoms with van der Waals surface area (Å²) in [7, 11) is 0. The van der Waals surface area contributed by atoms with E-state index in [2.05, 4.69) is 12.2 Å². The summed E-state index contributed by atoms with van der Waals surface area (Å²) in [5, 5.41) is 11.4. The van der Waals surface area contributed by atoms with E-state index in [1.807, 2.05) is 13.0 Å².